The first-order chi connectivity index (χ1) is 12.5. The second kappa shape index (κ2) is 7.06. The van der Waals surface area contributed by atoms with Gasteiger partial charge in [0.1, 0.15) is 0 Å². The maximum atomic E-state index is 13.4. The Morgan fingerprint density at radius 2 is 1.81 bits per heavy atom. The Hall–Kier alpha value is -1.82. The monoisotopic (exact) mass is 378 g/mol. The smallest absolute Gasteiger partial charge is 0.383 e. The third kappa shape index (κ3) is 3.65. The fraction of sp³-hybridized carbons (Fsp3) is 0.400. The van der Waals surface area contributed by atoms with Gasteiger partial charge in [-0.05, 0) is 43.0 Å². The lowest BCUT2D eigenvalue weighted by Gasteiger charge is -2.27. The molecule has 4 rings (SSSR count). The molecule has 0 saturated heterocycles. The summed E-state index contributed by atoms with van der Waals surface area (Å²) in [5.74, 6) is 0.539. The van der Waals surface area contributed by atoms with Crippen LogP contribution in [0.3, 0.4) is 0 Å². The van der Waals surface area contributed by atoms with Crippen LogP contribution >= 0.6 is 11.8 Å². The Bertz CT molecular complexity index is 798. The number of para-hydroxylation sites is 1. The number of benzene rings is 2. The molecule has 0 radical (unpaired) electrons. The Kier molecular flexibility index (Phi) is 4.78. The van der Waals surface area contributed by atoms with Crippen molar-refractivity contribution in [3.05, 3.63) is 42.0 Å². The van der Waals surface area contributed by atoms with Gasteiger partial charge in [0.25, 0.3) is 0 Å². The van der Waals surface area contributed by atoms with Crippen molar-refractivity contribution in [1.82, 2.24) is 0 Å². The lowest BCUT2D eigenvalue weighted by molar-refractivity contribution is -0.137. The highest BCUT2D eigenvalue weighted by molar-refractivity contribution is 7.99. The van der Waals surface area contributed by atoms with Gasteiger partial charge in [-0.2, -0.15) is 13.2 Å². The lowest BCUT2D eigenvalue weighted by atomic mass is 9.89. The van der Waals surface area contributed by atoms with Crippen LogP contribution in [0.5, 0.6) is 0 Å². The summed E-state index contributed by atoms with van der Waals surface area (Å²) in [7, 11) is 0. The van der Waals surface area contributed by atoms with Crippen LogP contribution in [0.1, 0.15) is 37.7 Å². The van der Waals surface area contributed by atoms with E-state index in [1.807, 2.05) is 24.3 Å². The topological polar surface area (TPSA) is 24.1 Å². The molecule has 0 amide bonds. The summed E-state index contributed by atoms with van der Waals surface area (Å²) in [6.07, 6.45) is 1.65. The van der Waals surface area contributed by atoms with Crippen LogP contribution in [0.15, 0.2) is 46.2 Å². The SMILES string of the molecule is FC(F)(F)c1cc(NCC2CCCCC2)c2c(c1)Sc1ccccc1N2. The number of halogens is 3. The van der Waals surface area contributed by atoms with Gasteiger partial charge < -0.3 is 10.6 Å². The molecule has 0 bridgehead atoms. The fourth-order valence-corrected chi connectivity index (χ4v) is 4.75. The average Bonchev–Trinajstić information content (AvgIpc) is 2.64. The third-order valence-corrected chi connectivity index (χ3v) is 6.22. The van der Waals surface area contributed by atoms with Gasteiger partial charge in [0.15, 0.2) is 0 Å². The highest BCUT2D eigenvalue weighted by Gasteiger charge is 2.33. The Labute approximate surface area is 155 Å². The normalized spacial score (nSPS) is 17.2. The van der Waals surface area contributed by atoms with Crippen LogP contribution in [0.25, 0.3) is 0 Å². The number of hydrogen-bond donors (Lipinski definition) is 2. The number of rotatable bonds is 3. The number of alkyl halides is 3. The second-order valence-corrected chi connectivity index (χ2v) is 8.09. The molecule has 1 heterocycles. The zero-order chi connectivity index (χ0) is 18.1. The fourth-order valence-electron chi connectivity index (χ4n) is 3.69. The summed E-state index contributed by atoms with van der Waals surface area (Å²) >= 11 is 1.39. The first-order valence-corrected chi connectivity index (χ1v) is 9.85. The molecule has 2 nitrogen and oxygen atoms in total. The van der Waals surface area contributed by atoms with E-state index >= 15 is 0 Å². The average molecular weight is 378 g/mol. The number of nitrogens with one attached hydrogen (secondary N) is 2. The van der Waals surface area contributed by atoms with E-state index < -0.39 is 11.7 Å². The Morgan fingerprint density at radius 3 is 2.58 bits per heavy atom. The number of hydrogen-bond acceptors (Lipinski definition) is 3. The minimum Gasteiger partial charge on any atom is -0.383 e. The summed E-state index contributed by atoms with van der Waals surface area (Å²) in [5.41, 5.74) is 1.63. The molecule has 1 aliphatic carbocycles. The molecule has 2 aliphatic rings. The maximum absolute atomic E-state index is 13.4. The quantitative estimate of drug-likeness (QED) is 0.518. The van der Waals surface area contributed by atoms with E-state index in [4.69, 9.17) is 0 Å². The summed E-state index contributed by atoms with van der Waals surface area (Å²) in [6.45, 7) is 0.724. The molecule has 6 heteroatoms. The van der Waals surface area contributed by atoms with Crippen molar-refractivity contribution in [1.29, 1.82) is 0 Å². The molecule has 2 aromatic carbocycles. The third-order valence-electron chi connectivity index (χ3n) is 5.10. The van der Waals surface area contributed by atoms with Gasteiger partial charge in [-0.15, -0.1) is 0 Å². The summed E-state index contributed by atoms with van der Waals surface area (Å²) in [5, 5.41) is 6.63. The predicted molar refractivity (Wildman–Crippen MR) is 100 cm³/mol. The minimum absolute atomic E-state index is 0.539. The van der Waals surface area contributed by atoms with E-state index in [0.717, 1.165) is 35.7 Å². The van der Waals surface area contributed by atoms with Crippen molar-refractivity contribution in [3.63, 3.8) is 0 Å². The van der Waals surface area contributed by atoms with Crippen LogP contribution in [0.2, 0.25) is 0 Å². The van der Waals surface area contributed by atoms with E-state index in [2.05, 4.69) is 10.6 Å². The van der Waals surface area contributed by atoms with Gasteiger partial charge in [0.2, 0.25) is 0 Å². The van der Waals surface area contributed by atoms with E-state index in [1.165, 1.54) is 43.2 Å². The van der Waals surface area contributed by atoms with Crippen LogP contribution in [-0.2, 0) is 6.18 Å². The first kappa shape index (κ1) is 17.6. The van der Waals surface area contributed by atoms with E-state index in [1.54, 1.807) is 0 Å². The molecule has 0 aromatic heterocycles. The molecule has 2 N–H and O–H groups in total. The van der Waals surface area contributed by atoms with Crippen LogP contribution in [0.4, 0.5) is 30.2 Å². The maximum Gasteiger partial charge on any atom is 0.416 e. The summed E-state index contributed by atoms with van der Waals surface area (Å²) in [4.78, 5) is 1.56. The molecule has 1 saturated carbocycles. The van der Waals surface area contributed by atoms with Crippen molar-refractivity contribution >= 4 is 28.8 Å². The van der Waals surface area contributed by atoms with Crippen molar-refractivity contribution in [2.75, 3.05) is 17.2 Å². The van der Waals surface area contributed by atoms with Gasteiger partial charge in [-0.3, -0.25) is 0 Å². The molecular weight excluding hydrogens is 357 g/mol. The standard InChI is InChI=1S/C20H21F3N2S/c21-20(22,23)14-10-16(24-12-13-6-2-1-3-7-13)19-18(11-14)26-17-9-5-4-8-15(17)25-19/h4-5,8-11,13,24-25H,1-3,6-7,12H2. The number of anilines is 3. The Morgan fingerprint density at radius 1 is 1.04 bits per heavy atom. The van der Waals surface area contributed by atoms with Gasteiger partial charge >= 0.3 is 6.18 Å². The second-order valence-electron chi connectivity index (χ2n) is 7.00. The van der Waals surface area contributed by atoms with Crippen LogP contribution in [-0.4, -0.2) is 6.54 Å². The van der Waals surface area contributed by atoms with E-state index in [9.17, 15) is 13.2 Å². The van der Waals surface area contributed by atoms with Crippen LogP contribution < -0.4 is 10.6 Å². The molecule has 0 spiro atoms. The molecule has 0 atom stereocenters. The van der Waals surface area contributed by atoms with Gasteiger partial charge in [-0.1, -0.05) is 43.2 Å². The molecule has 26 heavy (non-hydrogen) atoms. The van der Waals surface area contributed by atoms with E-state index in [0.29, 0.717) is 16.5 Å². The summed E-state index contributed by atoms with van der Waals surface area (Å²) < 4.78 is 40.1. The van der Waals surface area contributed by atoms with Gasteiger partial charge in [0.05, 0.1) is 22.6 Å². The highest BCUT2D eigenvalue weighted by Crippen LogP contribution is 2.49. The highest BCUT2D eigenvalue weighted by atomic mass is 32.2. The molecular formula is C20H21F3N2S. The Balaban J connectivity index is 1.65. The van der Waals surface area contributed by atoms with Crippen molar-refractivity contribution in [2.24, 2.45) is 5.92 Å². The zero-order valence-corrected chi connectivity index (χ0v) is 15.1. The molecule has 138 valence electrons. The molecule has 0 unspecified atom stereocenters. The van der Waals surface area contributed by atoms with Crippen molar-refractivity contribution in [2.45, 2.75) is 48.1 Å². The minimum atomic E-state index is -4.35. The lowest BCUT2D eigenvalue weighted by Crippen LogP contribution is -2.18. The molecule has 2 aromatic rings. The summed E-state index contributed by atoms with van der Waals surface area (Å²) in [6, 6.07) is 10.2. The van der Waals surface area contributed by atoms with Crippen molar-refractivity contribution in [3.8, 4) is 0 Å². The van der Waals surface area contributed by atoms with Crippen molar-refractivity contribution < 1.29 is 13.2 Å². The van der Waals surface area contributed by atoms with Gasteiger partial charge in [-0.25, -0.2) is 0 Å². The number of fused-ring (bicyclic) bond motifs is 2. The van der Waals surface area contributed by atoms with Crippen LogP contribution in [0, 0.1) is 5.92 Å². The predicted octanol–water partition coefficient (Wildman–Crippen LogP) is 6.91. The zero-order valence-electron chi connectivity index (χ0n) is 14.3. The van der Waals surface area contributed by atoms with E-state index in [-0.39, 0.29) is 0 Å². The molecule has 1 aliphatic heterocycles. The largest absolute Gasteiger partial charge is 0.416 e. The first-order valence-electron chi connectivity index (χ1n) is 9.04. The van der Waals surface area contributed by atoms with Gasteiger partial charge in [0, 0.05) is 16.3 Å². The molecule has 1 fully saturated rings.